The molecule has 3 unspecified atom stereocenters. The monoisotopic (exact) mass is 336 g/mol. The Morgan fingerprint density at radius 2 is 1.91 bits per heavy atom. The van der Waals surface area contributed by atoms with Crippen molar-refractivity contribution in [3.63, 3.8) is 0 Å². The van der Waals surface area contributed by atoms with Gasteiger partial charge in [-0.05, 0) is 49.6 Å². The molecule has 2 aliphatic rings. The quantitative estimate of drug-likeness (QED) is 0.899. The molecule has 1 saturated carbocycles. The van der Waals surface area contributed by atoms with Crippen LogP contribution in [0.5, 0.6) is 0 Å². The molecular weight excluding hydrogens is 308 g/mol. The minimum Gasteiger partial charge on any atom is -0.313 e. The second-order valence-electron chi connectivity index (χ2n) is 7.09. The maximum Gasteiger partial charge on any atom is 0.211 e. The van der Waals surface area contributed by atoms with E-state index < -0.39 is 10.0 Å². The van der Waals surface area contributed by atoms with Gasteiger partial charge in [-0.25, -0.2) is 12.7 Å². The van der Waals surface area contributed by atoms with Crippen molar-refractivity contribution < 1.29 is 8.42 Å². The summed E-state index contributed by atoms with van der Waals surface area (Å²) in [4.78, 5) is 0. The van der Waals surface area contributed by atoms with E-state index in [0.29, 0.717) is 31.0 Å². The molecule has 128 valence electrons. The average Bonchev–Trinajstić information content (AvgIpc) is 3.02. The van der Waals surface area contributed by atoms with E-state index in [-0.39, 0.29) is 0 Å². The normalized spacial score (nSPS) is 29.7. The molecular formula is C18H28N2O2S. The molecule has 1 aromatic rings. The minimum absolute atomic E-state index is 0.440. The molecule has 1 N–H and O–H groups in total. The first-order chi connectivity index (χ1) is 11.0. The van der Waals surface area contributed by atoms with Crippen LogP contribution in [-0.2, 0) is 10.0 Å². The molecule has 0 aromatic heterocycles. The molecule has 2 fully saturated rings. The van der Waals surface area contributed by atoms with E-state index in [1.807, 2.05) is 0 Å². The lowest BCUT2D eigenvalue weighted by Crippen LogP contribution is -2.44. The lowest BCUT2D eigenvalue weighted by molar-refractivity contribution is 0.253. The van der Waals surface area contributed by atoms with Crippen molar-refractivity contribution in [3.8, 4) is 0 Å². The lowest BCUT2D eigenvalue weighted by Gasteiger charge is -2.32. The molecule has 1 heterocycles. The van der Waals surface area contributed by atoms with Crippen LogP contribution in [-0.4, -0.2) is 44.7 Å². The Bertz CT molecular complexity index is 603. The molecule has 5 heteroatoms. The summed E-state index contributed by atoms with van der Waals surface area (Å²) in [6.45, 7) is 2.29. The molecule has 1 saturated heterocycles. The number of nitrogens with zero attached hydrogens (tertiary/aromatic N) is 1. The highest BCUT2D eigenvalue weighted by molar-refractivity contribution is 7.88. The average molecular weight is 337 g/mol. The van der Waals surface area contributed by atoms with Crippen LogP contribution < -0.4 is 5.32 Å². The van der Waals surface area contributed by atoms with Crippen molar-refractivity contribution in [1.29, 1.82) is 0 Å². The highest BCUT2D eigenvalue weighted by atomic mass is 32.2. The van der Waals surface area contributed by atoms with Gasteiger partial charge in [-0.2, -0.15) is 0 Å². The van der Waals surface area contributed by atoms with Crippen molar-refractivity contribution in [1.82, 2.24) is 9.62 Å². The first-order valence-corrected chi connectivity index (χ1v) is 10.6. The number of piperidine rings is 1. The van der Waals surface area contributed by atoms with E-state index in [1.165, 1.54) is 31.1 Å². The predicted molar refractivity (Wildman–Crippen MR) is 94.0 cm³/mol. The maximum atomic E-state index is 11.7. The van der Waals surface area contributed by atoms with Gasteiger partial charge in [-0.3, -0.25) is 0 Å². The summed E-state index contributed by atoms with van der Waals surface area (Å²) in [5.41, 5.74) is 1.43. The molecule has 3 rings (SSSR count). The third kappa shape index (κ3) is 4.34. The molecule has 0 amide bonds. The smallest absolute Gasteiger partial charge is 0.211 e. The van der Waals surface area contributed by atoms with Gasteiger partial charge in [-0.1, -0.05) is 36.8 Å². The molecule has 1 aromatic carbocycles. The van der Waals surface area contributed by atoms with Gasteiger partial charge >= 0.3 is 0 Å². The summed E-state index contributed by atoms with van der Waals surface area (Å²) in [5, 5.41) is 3.75. The summed E-state index contributed by atoms with van der Waals surface area (Å²) in [6.07, 6.45) is 7.18. The summed E-state index contributed by atoms with van der Waals surface area (Å²) in [6, 6.07) is 11.3. The van der Waals surface area contributed by atoms with Crippen LogP contribution in [0.25, 0.3) is 0 Å². The van der Waals surface area contributed by atoms with Gasteiger partial charge in [-0.15, -0.1) is 0 Å². The van der Waals surface area contributed by atoms with Crippen LogP contribution in [0.15, 0.2) is 30.3 Å². The fraction of sp³-hybridized carbons (Fsp3) is 0.667. The summed E-state index contributed by atoms with van der Waals surface area (Å²) in [5.74, 6) is 1.04. The number of sulfonamides is 1. The zero-order chi connectivity index (χ0) is 16.3. The SMILES string of the molecule is CS(=O)(=O)N1CCCC(CNC2CCCC2c2ccccc2)C1. The highest BCUT2D eigenvalue weighted by Crippen LogP contribution is 2.34. The molecule has 4 nitrogen and oxygen atoms in total. The lowest BCUT2D eigenvalue weighted by atomic mass is 9.93. The number of hydrogen-bond donors (Lipinski definition) is 1. The maximum absolute atomic E-state index is 11.7. The number of rotatable bonds is 5. The van der Waals surface area contributed by atoms with Crippen LogP contribution >= 0.6 is 0 Å². The summed E-state index contributed by atoms with van der Waals surface area (Å²) in [7, 11) is -3.04. The second-order valence-corrected chi connectivity index (χ2v) is 9.07. The first kappa shape index (κ1) is 16.9. The third-order valence-corrected chi connectivity index (χ3v) is 6.63. The van der Waals surface area contributed by atoms with Gasteiger partial charge < -0.3 is 5.32 Å². The van der Waals surface area contributed by atoms with Gasteiger partial charge in [0.25, 0.3) is 0 Å². The summed E-state index contributed by atoms with van der Waals surface area (Å²) < 4.78 is 25.1. The minimum atomic E-state index is -3.04. The molecule has 0 radical (unpaired) electrons. The van der Waals surface area contributed by atoms with Gasteiger partial charge in [0.2, 0.25) is 10.0 Å². The van der Waals surface area contributed by atoms with Crippen LogP contribution in [0, 0.1) is 5.92 Å². The fourth-order valence-electron chi connectivity index (χ4n) is 4.12. The van der Waals surface area contributed by atoms with E-state index in [2.05, 4.69) is 35.6 Å². The van der Waals surface area contributed by atoms with Crippen molar-refractivity contribution in [2.45, 2.75) is 44.1 Å². The number of nitrogens with one attached hydrogen (secondary N) is 1. The second kappa shape index (κ2) is 7.32. The van der Waals surface area contributed by atoms with Crippen LogP contribution in [0.1, 0.15) is 43.6 Å². The Balaban J connectivity index is 1.55. The van der Waals surface area contributed by atoms with Gasteiger partial charge in [0.15, 0.2) is 0 Å². The van der Waals surface area contributed by atoms with Crippen molar-refractivity contribution in [2.24, 2.45) is 5.92 Å². The van der Waals surface area contributed by atoms with Gasteiger partial charge in [0.05, 0.1) is 6.26 Å². The van der Waals surface area contributed by atoms with E-state index in [9.17, 15) is 8.42 Å². The number of benzene rings is 1. The molecule has 1 aliphatic heterocycles. The Hall–Kier alpha value is -0.910. The van der Waals surface area contributed by atoms with Gasteiger partial charge in [0.1, 0.15) is 0 Å². The predicted octanol–water partition coefficient (Wildman–Crippen LogP) is 2.58. The molecule has 0 bridgehead atoms. The Morgan fingerprint density at radius 3 is 2.65 bits per heavy atom. The Labute approximate surface area is 140 Å². The topological polar surface area (TPSA) is 49.4 Å². The van der Waals surface area contributed by atoms with E-state index in [1.54, 1.807) is 4.31 Å². The highest BCUT2D eigenvalue weighted by Gasteiger charge is 2.30. The first-order valence-electron chi connectivity index (χ1n) is 8.77. The Morgan fingerprint density at radius 1 is 1.13 bits per heavy atom. The summed E-state index contributed by atoms with van der Waals surface area (Å²) >= 11 is 0. The molecule has 23 heavy (non-hydrogen) atoms. The van der Waals surface area contributed by atoms with Crippen LogP contribution in [0.3, 0.4) is 0 Å². The van der Waals surface area contributed by atoms with E-state index in [0.717, 1.165) is 19.4 Å². The van der Waals surface area contributed by atoms with Crippen molar-refractivity contribution in [3.05, 3.63) is 35.9 Å². The van der Waals surface area contributed by atoms with Crippen LogP contribution in [0.4, 0.5) is 0 Å². The standard InChI is InChI=1S/C18H28N2O2S/c1-23(21,22)20-12-6-7-15(14-20)13-19-18-11-5-10-17(18)16-8-3-2-4-9-16/h2-4,8-9,15,17-19H,5-7,10-14H2,1H3. The molecule has 0 spiro atoms. The zero-order valence-corrected chi connectivity index (χ0v) is 14.8. The fourth-order valence-corrected chi connectivity index (χ4v) is 5.06. The van der Waals surface area contributed by atoms with E-state index >= 15 is 0 Å². The van der Waals surface area contributed by atoms with E-state index in [4.69, 9.17) is 0 Å². The molecule has 3 atom stereocenters. The largest absolute Gasteiger partial charge is 0.313 e. The molecule has 1 aliphatic carbocycles. The van der Waals surface area contributed by atoms with Crippen molar-refractivity contribution in [2.75, 3.05) is 25.9 Å². The zero-order valence-electron chi connectivity index (χ0n) is 13.9. The third-order valence-electron chi connectivity index (χ3n) is 5.36. The van der Waals surface area contributed by atoms with Gasteiger partial charge in [0, 0.05) is 19.1 Å². The Kier molecular flexibility index (Phi) is 5.39. The van der Waals surface area contributed by atoms with Crippen LogP contribution in [0.2, 0.25) is 0 Å². The number of hydrogen-bond acceptors (Lipinski definition) is 3. The van der Waals surface area contributed by atoms with Crippen molar-refractivity contribution >= 4 is 10.0 Å².